The number of aliphatic hydroxyl groups is 1. The Kier molecular flexibility index (Phi) is 3.25. The zero-order valence-electron chi connectivity index (χ0n) is 10.8. The summed E-state index contributed by atoms with van der Waals surface area (Å²) in [6, 6.07) is 0. The Morgan fingerprint density at radius 2 is 2.38 bits per heavy atom. The zero-order valence-corrected chi connectivity index (χ0v) is 10.8. The van der Waals surface area contributed by atoms with Gasteiger partial charge >= 0.3 is 0 Å². The molecular formula is C15H24O. The number of aliphatic hydroxyl groups excluding tert-OH is 1. The van der Waals surface area contributed by atoms with Gasteiger partial charge in [0.25, 0.3) is 0 Å². The second-order valence-corrected chi connectivity index (χ2v) is 5.94. The first-order chi connectivity index (χ1) is 7.58. The van der Waals surface area contributed by atoms with Crippen LogP contribution in [0.15, 0.2) is 23.3 Å². The molecule has 0 spiro atoms. The first kappa shape index (κ1) is 11.9. The van der Waals surface area contributed by atoms with E-state index in [2.05, 4.69) is 26.0 Å². The van der Waals surface area contributed by atoms with Gasteiger partial charge in [0.2, 0.25) is 0 Å². The van der Waals surface area contributed by atoms with Crippen LogP contribution in [0.25, 0.3) is 0 Å². The van der Waals surface area contributed by atoms with Crippen LogP contribution in [0.4, 0.5) is 0 Å². The molecule has 0 aliphatic heterocycles. The minimum absolute atomic E-state index is 0.211. The molecule has 0 heterocycles. The molecule has 0 aromatic heterocycles. The maximum absolute atomic E-state index is 8.94. The Balaban J connectivity index is 1.88. The molecule has 3 unspecified atom stereocenters. The van der Waals surface area contributed by atoms with E-state index in [9.17, 15) is 0 Å². The predicted octanol–water partition coefficient (Wildman–Crippen LogP) is 3.70. The summed E-state index contributed by atoms with van der Waals surface area (Å²) in [6.45, 7) is 6.93. The van der Waals surface area contributed by atoms with Crippen molar-refractivity contribution in [3.63, 3.8) is 0 Å². The number of allylic oxidation sites excluding steroid dienone is 3. The molecule has 0 radical (unpaired) electrons. The third kappa shape index (κ3) is 2.10. The smallest absolute Gasteiger partial charge is 0.0639 e. The first-order valence-electron chi connectivity index (χ1n) is 6.51. The van der Waals surface area contributed by atoms with E-state index in [0.29, 0.717) is 5.41 Å². The zero-order chi connectivity index (χ0) is 11.8. The molecule has 90 valence electrons. The Morgan fingerprint density at radius 3 is 3.00 bits per heavy atom. The Morgan fingerprint density at radius 1 is 1.62 bits per heavy atom. The molecule has 0 aromatic carbocycles. The minimum Gasteiger partial charge on any atom is -0.392 e. The molecule has 1 saturated carbocycles. The Hall–Kier alpha value is -0.560. The maximum atomic E-state index is 8.94. The fourth-order valence-electron chi connectivity index (χ4n) is 3.33. The van der Waals surface area contributed by atoms with Gasteiger partial charge < -0.3 is 5.11 Å². The lowest BCUT2D eigenvalue weighted by molar-refractivity contribution is 0.330. The highest BCUT2D eigenvalue weighted by atomic mass is 16.3. The van der Waals surface area contributed by atoms with Gasteiger partial charge in [0.1, 0.15) is 0 Å². The molecule has 3 atom stereocenters. The van der Waals surface area contributed by atoms with Crippen molar-refractivity contribution in [2.24, 2.45) is 17.3 Å². The lowest BCUT2D eigenvalue weighted by Crippen LogP contribution is -1.98. The van der Waals surface area contributed by atoms with Crippen LogP contribution in [0.5, 0.6) is 0 Å². The van der Waals surface area contributed by atoms with Gasteiger partial charge in [0.15, 0.2) is 0 Å². The van der Waals surface area contributed by atoms with Gasteiger partial charge in [-0.3, -0.25) is 0 Å². The van der Waals surface area contributed by atoms with E-state index in [4.69, 9.17) is 5.11 Å². The SMILES string of the molecule is CC1=CC2C(CC1)C2(C)CC/C=C(\C)CO. The van der Waals surface area contributed by atoms with Gasteiger partial charge in [0.05, 0.1) is 6.61 Å². The summed E-state index contributed by atoms with van der Waals surface area (Å²) < 4.78 is 0. The standard InChI is InChI=1S/C15H24O/c1-11-6-7-13-14(9-11)15(13,3)8-4-5-12(2)10-16/h5,9,13-14,16H,4,6-8,10H2,1-3H3/b12-5+. The molecule has 0 aromatic rings. The molecule has 1 fully saturated rings. The highest BCUT2D eigenvalue weighted by molar-refractivity contribution is 5.23. The molecule has 2 aliphatic rings. The quantitative estimate of drug-likeness (QED) is 0.716. The Bertz CT molecular complexity index is 326. The van der Waals surface area contributed by atoms with Gasteiger partial charge in [-0.25, -0.2) is 0 Å². The fourth-order valence-corrected chi connectivity index (χ4v) is 3.33. The summed E-state index contributed by atoms with van der Waals surface area (Å²) in [7, 11) is 0. The van der Waals surface area contributed by atoms with E-state index >= 15 is 0 Å². The largest absolute Gasteiger partial charge is 0.392 e. The predicted molar refractivity (Wildman–Crippen MR) is 68.2 cm³/mol. The molecule has 1 heteroatoms. The van der Waals surface area contributed by atoms with E-state index in [1.165, 1.54) is 19.3 Å². The van der Waals surface area contributed by atoms with Gasteiger partial charge in [-0.2, -0.15) is 0 Å². The van der Waals surface area contributed by atoms with E-state index in [1.54, 1.807) is 5.57 Å². The lowest BCUT2D eigenvalue weighted by Gasteiger charge is -2.09. The third-order valence-corrected chi connectivity index (χ3v) is 4.67. The fraction of sp³-hybridized carbons (Fsp3) is 0.733. The number of rotatable bonds is 4. The van der Waals surface area contributed by atoms with Crippen LogP contribution in [0.3, 0.4) is 0 Å². The summed E-state index contributed by atoms with van der Waals surface area (Å²) >= 11 is 0. The molecule has 1 N–H and O–H groups in total. The summed E-state index contributed by atoms with van der Waals surface area (Å²) in [5.74, 6) is 1.79. The van der Waals surface area contributed by atoms with Crippen molar-refractivity contribution < 1.29 is 5.11 Å². The molecule has 2 aliphatic carbocycles. The van der Waals surface area contributed by atoms with Crippen LogP contribution in [-0.4, -0.2) is 11.7 Å². The molecule has 1 nitrogen and oxygen atoms in total. The van der Waals surface area contributed by atoms with Gasteiger partial charge in [-0.15, -0.1) is 0 Å². The van der Waals surface area contributed by atoms with Gasteiger partial charge in [-0.05, 0) is 56.8 Å². The first-order valence-corrected chi connectivity index (χ1v) is 6.51. The summed E-state index contributed by atoms with van der Waals surface area (Å²) in [5.41, 5.74) is 3.26. The second-order valence-electron chi connectivity index (χ2n) is 5.94. The van der Waals surface area contributed by atoms with Crippen LogP contribution in [-0.2, 0) is 0 Å². The molecule has 0 saturated heterocycles. The molecular weight excluding hydrogens is 196 g/mol. The Labute approximate surface area is 99.3 Å². The average Bonchev–Trinajstić information content (AvgIpc) is 2.83. The highest BCUT2D eigenvalue weighted by Gasteiger charge is 2.59. The van der Waals surface area contributed by atoms with E-state index in [0.717, 1.165) is 23.8 Å². The van der Waals surface area contributed by atoms with Crippen LogP contribution in [0.2, 0.25) is 0 Å². The molecule has 2 rings (SSSR count). The molecule has 16 heavy (non-hydrogen) atoms. The second kappa shape index (κ2) is 4.37. The highest BCUT2D eigenvalue weighted by Crippen LogP contribution is 2.66. The van der Waals surface area contributed by atoms with Crippen molar-refractivity contribution >= 4 is 0 Å². The van der Waals surface area contributed by atoms with Crippen molar-refractivity contribution in [2.75, 3.05) is 6.61 Å². The van der Waals surface area contributed by atoms with Crippen LogP contribution < -0.4 is 0 Å². The lowest BCUT2D eigenvalue weighted by atomic mass is 9.96. The van der Waals surface area contributed by atoms with Gasteiger partial charge in [0, 0.05) is 0 Å². The van der Waals surface area contributed by atoms with Crippen molar-refractivity contribution in [2.45, 2.75) is 46.5 Å². The number of fused-ring (bicyclic) bond motifs is 1. The molecule has 0 bridgehead atoms. The summed E-state index contributed by atoms with van der Waals surface area (Å²) in [5, 5.41) is 8.94. The summed E-state index contributed by atoms with van der Waals surface area (Å²) in [4.78, 5) is 0. The van der Waals surface area contributed by atoms with Crippen molar-refractivity contribution in [1.29, 1.82) is 0 Å². The minimum atomic E-state index is 0.211. The monoisotopic (exact) mass is 220 g/mol. The van der Waals surface area contributed by atoms with Crippen molar-refractivity contribution in [3.05, 3.63) is 23.3 Å². The van der Waals surface area contributed by atoms with Crippen molar-refractivity contribution in [3.8, 4) is 0 Å². The van der Waals surface area contributed by atoms with Crippen LogP contribution in [0, 0.1) is 17.3 Å². The maximum Gasteiger partial charge on any atom is 0.0639 e. The van der Waals surface area contributed by atoms with E-state index in [1.807, 2.05) is 6.92 Å². The number of hydrogen-bond acceptors (Lipinski definition) is 1. The summed E-state index contributed by atoms with van der Waals surface area (Å²) in [6.07, 6.45) is 9.82. The van der Waals surface area contributed by atoms with E-state index in [-0.39, 0.29) is 6.61 Å². The topological polar surface area (TPSA) is 20.2 Å². The van der Waals surface area contributed by atoms with Gasteiger partial charge in [-0.1, -0.05) is 30.2 Å². The average molecular weight is 220 g/mol. The molecule has 0 amide bonds. The third-order valence-electron chi connectivity index (χ3n) is 4.67. The van der Waals surface area contributed by atoms with Crippen molar-refractivity contribution in [1.82, 2.24) is 0 Å². The van der Waals surface area contributed by atoms with Crippen LogP contribution in [0.1, 0.15) is 46.5 Å². The van der Waals surface area contributed by atoms with E-state index < -0.39 is 0 Å². The number of hydrogen-bond donors (Lipinski definition) is 1. The van der Waals surface area contributed by atoms with Crippen LogP contribution >= 0.6 is 0 Å². The normalized spacial score (nSPS) is 38.0.